The summed E-state index contributed by atoms with van der Waals surface area (Å²) in [4.78, 5) is 18.4. The van der Waals surface area contributed by atoms with Gasteiger partial charge in [0.1, 0.15) is 0 Å². The van der Waals surface area contributed by atoms with Gasteiger partial charge in [-0.3, -0.25) is 4.79 Å². The van der Waals surface area contributed by atoms with Crippen LogP contribution in [0.15, 0.2) is 121 Å². The van der Waals surface area contributed by atoms with Crippen LogP contribution in [0.1, 0.15) is 11.1 Å². The topological polar surface area (TPSA) is 94.3 Å². The maximum Gasteiger partial charge on any atom is 0.292 e. The minimum Gasteiger partial charge on any atom is -0.481 e. The molecule has 0 unspecified atom stereocenters. The Morgan fingerprint density at radius 1 is 0.560 bits per heavy atom. The van der Waals surface area contributed by atoms with Gasteiger partial charge in [-0.1, -0.05) is 108 Å². The molecule has 7 nitrogen and oxygen atoms in total. The van der Waals surface area contributed by atoms with Gasteiger partial charge in [0.25, 0.3) is 6.47 Å². The first kappa shape index (κ1) is 38.8. The highest BCUT2D eigenvalue weighted by molar-refractivity contribution is 6.31. The van der Waals surface area contributed by atoms with Crippen LogP contribution >= 0.6 is 23.2 Å². The van der Waals surface area contributed by atoms with E-state index in [-0.39, 0.29) is 0 Å². The number of nitriles is 1. The van der Waals surface area contributed by atoms with Crippen LogP contribution in [-0.2, 0) is 9.53 Å². The molecule has 0 amide bonds. The number of nitrogens with zero attached hydrogens (tertiary/aromatic N) is 3. The van der Waals surface area contributed by atoms with E-state index in [4.69, 9.17) is 52.7 Å². The normalized spacial score (nSPS) is 9.70. The largest absolute Gasteiger partial charge is 0.481 e. The number of hydrogen-bond acceptors (Lipinski definition) is 7. The minimum atomic E-state index is 0.375. The number of benzene rings is 4. The molecule has 4 aromatic carbocycles. The first-order valence-electron chi connectivity index (χ1n) is 15.3. The van der Waals surface area contributed by atoms with Gasteiger partial charge < -0.3 is 14.2 Å². The Labute approximate surface area is 303 Å². The molecular formula is C41H37Cl2N3O4. The van der Waals surface area contributed by atoms with Gasteiger partial charge in [-0.05, 0) is 61.4 Å². The molecule has 0 bridgehead atoms. The molecule has 6 rings (SSSR count). The van der Waals surface area contributed by atoms with Crippen LogP contribution in [0.25, 0.3) is 44.8 Å². The molecule has 0 N–H and O–H groups in total. The SMILES string of the molecule is C#N.COC=O.COc1nc(-c2ccc(Cl)cc2)c(-c2ccccc2)cc1C.COc1nc(-c2ccc(Cl)cc2)c(-c2ccccc2)cc1C. The Hall–Kier alpha value is -5.68. The van der Waals surface area contributed by atoms with Crippen LogP contribution in [0.2, 0.25) is 10.0 Å². The third kappa shape index (κ3) is 10.4. The van der Waals surface area contributed by atoms with Gasteiger partial charge >= 0.3 is 0 Å². The summed E-state index contributed by atoms with van der Waals surface area (Å²) in [5.74, 6) is 1.29. The zero-order valence-electron chi connectivity index (χ0n) is 28.4. The van der Waals surface area contributed by atoms with E-state index in [0.717, 1.165) is 55.9 Å². The fraction of sp³-hybridized carbons (Fsp3) is 0.122. The van der Waals surface area contributed by atoms with Crippen LogP contribution < -0.4 is 9.47 Å². The quantitative estimate of drug-likeness (QED) is 0.153. The summed E-state index contributed by atoms with van der Waals surface area (Å²) >= 11 is 12.0. The molecule has 6 aromatic rings. The van der Waals surface area contributed by atoms with Crippen molar-refractivity contribution < 1.29 is 19.0 Å². The summed E-state index contributed by atoms with van der Waals surface area (Å²) < 4.78 is 14.6. The molecule has 0 radical (unpaired) electrons. The van der Waals surface area contributed by atoms with Gasteiger partial charge in [-0.25, -0.2) is 15.2 Å². The zero-order valence-corrected chi connectivity index (χ0v) is 29.9. The number of pyridine rings is 2. The van der Waals surface area contributed by atoms with Crippen molar-refractivity contribution in [2.75, 3.05) is 21.3 Å². The monoisotopic (exact) mass is 705 g/mol. The van der Waals surface area contributed by atoms with E-state index in [2.05, 4.69) is 47.7 Å². The van der Waals surface area contributed by atoms with Crippen molar-refractivity contribution in [2.45, 2.75) is 13.8 Å². The smallest absolute Gasteiger partial charge is 0.292 e. The van der Waals surface area contributed by atoms with Crippen molar-refractivity contribution in [1.29, 1.82) is 5.26 Å². The van der Waals surface area contributed by atoms with Gasteiger partial charge in [-0.2, -0.15) is 0 Å². The highest BCUT2D eigenvalue weighted by Gasteiger charge is 2.15. The van der Waals surface area contributed by atoms with Crippen LogP contribution in [0.5, 0.6) is 11.8 Å². The number of aromatic nitrogens is 2. The Kier molecular flexibility index (Phi) is 15.5. The lowest BCUT2D eigenvalue weighted by Crippen LogP contribution is -1.96. The van der Waals surface area contributed by atoms with E-state index in [1.54, 1.807) is 14.2 Å². The highest BCUT2D eigenvalue weighted by atomic mass is 35.5. The standard InChI is InChI=1S/2C19H16ClNO.C2H4O2.CHN/c2*1-13-12-17(14-6-4-3-5-7-14)18(21-19(13)22-2)15-8-10-16(20)11-9-15;1-4-2-3;1-2/h2*3-12H,1-2H3;2H,1H3;1H. The fourth-order valence-corrected chi connectivity index (χ4v) is 5.19. The van der Waals surface area contributed by atoms with Crippen LogP contribution in [0.3, 0.4) is 0 Å². The minimum absolute atomic E-state index is 0.375. The van der Waals surface area contributed by atoms with Crippen molar-refractivity contribution in [3.8, 4) is 63.1 Å². The third-order valence-electron chi connectivity index (χ3n) is 7.22. The number of rotatable bonds is 7. The Morgan fingerprint density at radius 3 is 1.16 bits per heavy atom. The lowest BCUT2D eigenvalue weighted by molar-refractivity contribution is -0.126. The molecule has 0 aliphatic rings. The van der Waals surface area contributed by atoms with Gasteiger partial charge in [0.15, 0.2) is 0 Å². The van der Waals surface area contributed by atoms with Crippen molar-refractivity contribution in [2.24, 2.45) is 0 Å². The molecule has 0 fully saturated rings. The first-order valence-corrected chi connectivity index (χ1v) is 16.0. The predicted molar refractivity (Wildman–Crippen MR) is 203 cm³/mol. The second-order valence-electron chi connectivity index (χ2n) is 10.5. The Bertz CT molecular complexity index is 1830. The van der Waals surface area contributed by atoms with Crippen molar-refractivity contribution in [3.63, 3.8) is 0 Å². The second-order valence-corrected chi connectivity index (χ2v) is 11.4. The van der Waals surface area contributed by atoms with E-state index >= 15 is 0 Å². The van der Waals surface area contributed by atoms with Crippen molar-refractivity contribution in [1.82, 2.24) is 9.97 Å². The second kappa shape index (κ2) is 20.0. The summed E-state index contributed by atoms with van der Waals surface area (Å²) in [7, 11) is 4.60. The van der Waals surface area contributed by atoms with Gasteiger partial charge in [0, 0.05) is 50.0 Å². The van der Waals surface area contributed by atoms with Gasteiger partial charge in [0.05, 0.1) is 32.7 Å². The molecule has 50 heavy (non-hydrogen) atoms. The summed E-state index contributed by atoms with van der Waals surface area (Å²) in [6.45, 7) is 7.88. The number of methoxy groups -OCH3 is 3. The number of ether oxygens (including phenoxy) is 3. The maximum absolute atomic E-state index is 8.95. The number of carbonyl (C=O) groups is 1. The molecule has 0 saturated heterocycles. The van der Waals surface area contributed by atoms with Crippen LogP contribution in [-0.4, -0.2) is 37.8 Å². The average Bonchev–Trinajstić information content (AvgIpc) is 3.17. The summed E-state index contributed by atoms with van der Waals surface area (Å²) in [6.07, 6.45) is 0. The highest BCUT2D eigenvalue weighted by Crippen LogP contribution is 2.36. The predicted octanol–water partition coefficient (Wildman–Crippen LogP) is 10.7. The molecule has 0 atom stereocenters. The Morgan fingerprint density at radius 2 is 0.880 bits per heavy atom. The molecule has 0 spiro atoms. The summed E-state index contributed by atoms with van der Waals surface area (Å²) in [5.41, 5.74) is 10.3. The maximum atomic E-state index is 8.95. The van der Waals surface area contributed by atoms with Crippen LogP contribution in [0, 0.1) is 25.7 Å². The van der Waals surface area contributed by atoms with E-state index in [9.17, 15) is 0 Å². The third-order valence-corrected chi connectivity index (χ3v) is 7.73. The van der Waals surface area contributed by atoms with Crippen molar-refractivity contribution >= 4 is 29.7 Å². The Balaban J connectivity index is 0.000000234. The average molecular weight is 707 g/mol. The number of hydrogen-bond donors (Lipinski definition) is 0. The molecule has 2 heterocycles. The molecule has 0 aliphatic heterocycles. The molecule has 0 saturated carbocycles. The van der Waals surface area contributed by atoms with E-state index in [0.29, 0.717) is 28.3 Å². The molecule has 0 aliphatic carbocycles. The summed E-state index contributed by atoms with van der Waals surface area (Å²) in [5, 5.41) is 7.92. The zero-order chi connectivity index (χ0) is 36.5. The molecule has 254 valence electrons. The first-order chi connectivity index (χ1) is 24.3. The fourth-order valence-electron chi connectivity index (χ4n) is 4.94. The lowest BCUT2D eigenvalue weighted by Gasteiger charge is -2.13. The number of carbonyl (C=O) groups excluding carboxylic acids is 1. The molecular weight excluding hydrogens is 669 g/mol. The molecule has 2 aromatic heterocycles. The van der Waals surface area contributed by atoms with Gasteiger partial charge in [-0.15, -0.1) is 0 Å². The van der Waals surface area contributed by atoms with Gasteiger partial charge in [0.2, 0.25) is 11.8 Å². The number of halogens is 2. The summed E-state index contributed by atoms with van der Waals surface area (Å²) in [6, 6.07) is 40.1. The molecule has 9 heteroatoms. The lowest BCUT2D eigenvalue weighted by atomic mass is 9.98. The van der Waals surface area contributed by atoms with Crippen molar-refractivity contribution in [3.05, 3.63) is 142 Å². The number of aryl methyl sites for hydroxylation is 2. The van der Waals surface area contributed by atoms with Crippen LogP contribution in [0.4, 0.5) is 0 Å². The van der Waals surface area contributed by atoms with E-state index in [1.807, 2.05) is 98.8 Å². The van der Waals surface area contributed by atoms with E-state index < -0.39 is 0 Å². The van der Waals surface area contributed by atoms with E-state index in [1.165, 1.54) is 7.11 Å².